The van der Waals surface area contributed by atoms with E-state index in [0.29, 0.717) is 38.7 Å². The Kier molecular flexibility index (Phi) is 5.98. The summed E-state index contributed by atoms with van der Waals surface area (Å²) in [6.45, 7) is 6.86. The summed E-state index contributed by atoms with van der Waals surface area (Å²) in [5.74, 6) is 1.19. The van der Waals surface area contributed by atoms with E-state index in [4.69, 9.17) is 31.8 Å². The van der Waals surface area contributed by atoms with Gasteiger partial charge < -0.3 is 20.5 Å². The average molecular weight is 474 g/mol. The van der Waals surface area contributed by atoms with E-state index in [0.717, 1.165) is 35.2 Å². The van der Waals surface area contributed by atoms with Gasteiger partial charge in [0.2, 0.25) is 0 Å². The van der Waals surface area contributed by atoms with Crippen LogP contribution in [-0.4, -0.2) is 25.1 Å². The van der Waals surface area contributed by atoms with Crippen molar-refractivity contribution in [2.24, 2.45) is 11.3 Å². The normalized spacial score (nSPS) is 16.0. The van der Waals surface area contributed by atoms with Crippen LogP contribution in [0.5, 0.6) is 11.5 Å². The van der Waals surface area contributed by atoms with Gasteiger partial charge in [-0.2, -0.15) is 0 Å². The molecule has 4 rings (SSSR count). The molecule has 2 heterocycles. The minimum Gasteiger partial charge on any atom is -0.495 e. The first kappa shape index (κ1) is 22.7. The van der Waals surface area contributed by atoms with Gasteiger partial charge in [-0.15, -0.1) is 11.3 Å². The highest BCUT2D eigenvalue weighted by molar-refractivity contribution is 7.21. The maximum Gasteiger partial charge on any atom is 0.268 e. The Morgan fingerprint density at radius 2 is 1.94 bits per heavy atom. The number of aromatic nitrogens is 1. The number of pyridine rings is 1. The molecule has 6 nitrogen and oxygen atoms in total. The number of carbonyl (C=O) groups is 1. The number of benzene rings is 1. The van der Waals surface area contributed by atoms with E-state index in [-0.39, 0.29) is 11.3 Å². The molecule has 3 N–H and O–H groups in total. The van der Waals surface area contributed by atoms with E-state index in [1.54, 1.807) is 12.1 Å². The van der Waals surface area contributed by atoms with Gasteiger partial charge in [0.1, 0.15) is 21.2 Å². The second-order valence-electron chi connectivity index (χ2n) is 9.24. The van der Waals surface area contributed by atoms with E-state index in [9.17, 15) is 4.79 Å². The molecule has 2 aromatic heterocycles. The van der Waals surface area contributed by atoms with Crippen LogP contribution < -0.4 is 20.5 Å². The number of thiophene rings is 1. The monoisotopic (exact) mass is 473 g/mol. The fourth-order valence-electron chi connectivity index (χ4n) is 4.23. The average Bonchev–Trinajstić information content (AvgIpc) is 3.07. The van der Waals surface area contributed by atoms with Crippen LogP contribution >= 0.6 is 22.9 Å². The standard InChI is InChI=1S/C24H28ClN3O3S/c1-24(2,3)13-6-7-16-12(8-13)9-14-20(26)21(32-23(14)28-16)22(29)27-17-10-15(25)18(30-4)11-19(17)31-5/h9-11,13H,6-8,26H2,1-5H3,(H,27,29). The molecule has 1 atom stereocenters. The van der Waals surface area contributed by atoms with Crippen LogP contribution in [0.4, 0.5) is 11.4 Å². The third kappa shape index (κ3) is 4.11. The predicted molar refractivity (Wildman–Crippen MR) is 132 cm³/mol. The lowest BCUT2D eigenvalue weighted by atomic mass is 9.71. The number of anilines is 2. The lowest BCUT2D eigenvalue weighted by Gasteiger charge is -2.34. The number of nitrogens with zero attached hydrogens (tertiary/aromatic N) is 1. The molecule has 1 unspecified atom stereocenters. The molecule has 8 heteroatoms. The molecule has 0 spiro atoms. The van der Waals surface area contributed by atoms with Crippen molar-refractivity contribution in [2.75, 3.05) is 25.3 Å². The first-order chi connectivity index (χ1) is 15.1. The van der Waals surface area contributed by atoms with Crippen molar-refractivity contribution in [2.45, 2.75) is 40.0 Å². The van der Waals surface area contributed by atoms with Crippen molar-refractivity contribution in [1.82, 2.24) is 4.98 Å². The third-order valence-electron chi connectivity index (χ3n) is 6.24. The molecule has 1 aliphatic carbocycles. The Morgan fingerprint density at radius 1 is 1.22 bits per heavy atom. The number of hydrogen-bond donors (Lipinski definition) is 2. The number of amides is 1. The number of nitrogens with two attached hydrogens (primary N) is 1. The van der Waals surface area contributed by atoms with Crippen molar-refractivity contribution in [3.05, 3.63) is 39.4 Å². The van der Waals surface area contributed by atoms with Gasteiger partial charge in [-0.3, -0.25) is 4.79 Å². The van der Waals surface area contributed by atoms with Gasteiger partial charge >= 0.3 is 0 Å². The second kappa shape index (κ2) is 8.45. The number of rotatable bonds is 4. The van der Waals surface area contributed by atoms with Gasteiger partial charge in [0.25, 0.3) is 5.91 Å². The van der Waals surface area contributed by atoms with Crippen molar-refractivity contribution in [3.63, 3.8) is 0 Å². The van der Waals surface area contributed by atoms with Gasteiger partial charge in [-0.05, 0) is 48.3 Å². The smallest absolute Gasteiger partial charge is 0.268 e. The number of carbonyl (C=O) groups excluding carboxylic acids is 1. The van der Waals surface area contributed by atoms with Gasteiger partial charge in [0.15, 0.2) is 0 Å². The van der Waals surface area contributed by atoms with Crippen LogP contribution in [0.1, 0.15) is 48.1 Å². The maximum absolute atomic E-state index is 13.1. The number of aryl methyl sites for hydroxylation is 1. The highest BCUT2D eigenvalue weighted by Crippen LogP contribution is 2.41. The summed E-state index contributed by atoms with van der Waals surface area (Å²) in [7, 11) is 3.04. The summed E-state index contributed by atoms with van der Waals surface area (Å²) in [6.07, 6.45) is 3.06. The van der Waals surface area contributed by atoms with Gasteiger partial charge in [0, 0.05) is 17.1 Å². The molecule has 32 heavy (non-hydrogen) atoms. The SMILES string of the molecule is COc1cc(OC)c(NC(=O)c2sc3nc4c(cc3c2N)CC(C(C)(C)C)CC4)cc1Cl. The van der Waals surface area contributed by atoms with Crippen molar-refractivity contribution < 1.29 is 14.3 Å². The number of fused-ring (bicyclic) bond motifs is 2. The summed E-state index contributed by atoms with van der Waals surface area (Å²) in [4.78, 5) is 19.2. The van der Waals surface area contributed by atoms with Crippen molar-refractivity contribution in [3.8, 4) is 11.5 Å². The van der Waals surface area contributed by atoms with Gasteiger partial charge in [-0.1, -0.05) is 32.4 Å². The fourth-order valence-corrected chi connectivity index (χ4v) is 5.47. The van der Waals surface area contributed by atoms with E-state index < -0.39 is 0 Å². The molecule has 1 amide bonds. The molecule has 0 radical (unpaired) electrons. The number of ether oxygens (including phenoxy) is 2. The number of halogens is 1. The van der Waals surface area contributed by atoms with E-state index in [1.807, 2.05) is 0 Å². The lowest BCUT2D eigenvalue weighted by Crippen LogP contribution is -2.27. The summed E-state index contributed by atoms with van der Waals surface area (Å²) in [5, 5.41) is 4.08. The minimum atomic E-state index is -0.324. The molecule has 3 aromatic rings. The topological polar surface area (TPSA) is 86.5 Å². The Labute approximate surface area is 197 Å². The van der Waals surface area contributed by atoms with Crippen LogP contribution in [0.25, 0.3) is 10.2 Å². The zero-order chi connectivity index (χ0) is 23.2. The quantitative estimate of drug-likeness (QED) is 0.488. The number of nitrogens with one attached hydrogen (secondary N) is 1. The molecule has 0 bridgehead atoms. The van der Waals surface area contributed by atoms with Crippen LogP contribution in [0.2, 0.25) is 5.02 Å². The summed E-state index contributed by atoms with van der Waals surface area (Å²) >= 11 is 7.54. The molecule has 0 saturated heterocycles. The highest BCUT2D eigenvalue weighted by atomic mass is 35.5. The second-order valence-corrected chi connectivity index (χ2v) is 10.6. The van der Waals surface area contributed by atoms with Crippen LogP contribution in [0.15, 0.2) is 18.2 Å². The Balaban J connectivity index is 1.67. The Bertz CT molecular complexity index is 1200. The van der Waals surface area contributed by atoms with Crippen molar-refractivity contribution in [1.29, 1.82) is 0 Å². The Hall–Kier alpha value is -2.51. The van der Waals surface area contributed by atoms with Gasteiger partial charge in [-0.25, -0.2) is 4.98 Å². The number of nitrogen functional groups attached to an aromatic ring is 1. The zero-order valence-corrected chi connectivity index (χ0v) is 20.5. The molecular formula is C24H28ClN3O3S. The zero-order valence-electron chi connectivity index (χ0n) is 19.0. The highest BCUT2D eigenvalue weighted by Gasteiger charge is 2.30. The molecule has 1 aromatic carbocycles. The first-order valence-electron chi connectivity index (χ1n) is 10.6. The first-order valence-corrected chi connectivity index (χ1v) is 11.8. The molecule has 170 valence electrons. The predicted octanol–water partition coefficient (Wildman–Crippen LogP) is 5.95. The Morgan fingerprint density at radius 3 is 2.59 bits per heavy atom. The number of hydrogen-bond acceptors (Lipinski definition) is 6. The third-order valence-corrected chi connectivity index (χ3v) is 7.65. The van der Waals surface area contributed by atoms with Crippen molar-refractivity contribution >= 4 is 50.4 Å². The molecule has 1 aliphatic rings. The largest absolute Gasteiger partial charge is 0.495 e. The molecular weight excluding hydrogens is 446 g/mol. The lowest BCUT2D eigenvalue weighted by molar-refractivity contribution is 0.103. The summed E-state index contributed by atoms with van der Waals surface area (Å²) in [6, 6.07) is 5.36. The van der Waals surface area contributed by atoms with Crippen LogP contribution in [0, 0.1) is 11.3 Å². The van der Waals surface area contributed by atoms with E-state index in [1.165, 1.54) is 31.1 Å². The molecule has 0 aliphatic heterocycles. The summed E-state index contributed by atoms with van der Waals surface area (Å²) < 4.78 is 10.6. The fraction of sp³-hybridized carbons (Fsp3) is 0.417. The number of methoxy groups -OCH3 is 2. The summed E-state index contributed by atoms with van der Waals surface area (Å²) in [5.41, 5.74) is 9.93. The minimum absolute atomic E-state index is 0.247. The maximum atomic E-state index is 13.1. The molecule has 0 saturated carbocycles. The van der Waals surface area contributed by atoms with Crippen LogP contribution in [-0.2, 0) is 12.8 Å². The van der Waals surface area contributed by atoms with Crippen LogP contribution in [0.3, 0.4) is 0 Å². The van der Waals surface area contributed by atoms with E-state index >= 15 is 0 Å². The van der Waals surface area contributed by atoms with Gasteiger partial charge in [0.05, 0.1) is 30.6 Å². The molecule has 0 fully saturated rings. The van der Waals surface area contributed by atoms with E-state index in [2.05, 4.69) is 32.2 Å².